The highest BCUT2D eigenvalue weighted by atomic mass is 16.5. The fourth-order valence-corrected chi connectivity index (χ4v) is 3.28. The number of carbonyl (C=O) groups is 3. The molecule has 34 heavy (non-hydrogen) atoms. The molecule has 0 aliphatic rings. The number of rotatable bonds is 9. The fourth-order valence-electron chi connectivity index (χ4n) is 3.28. The summed E-state index contributed by atoms with van der Waals surface area (Å²) in [6, 6.07) is 14.7. The summed E-state index contributed by atoms with van der Waals surface area (Å²) < 4.78 is 20.7. The van der Waals surface area contributed by atoms with Crippen LogP contribution in [0.1, 0.15) is 50.6 Å². The summed E-state index contributed by atoms with van der Waals surface area (Å²) in [6.45, 7) is 3.42. The summed E-state index contributed by atoms with van der Waals surface area (Å²) in [4.78, 5) is 43.8. The quantitative estimate of drug-likeness (QED) is 0.341. The average Bonchev–Trinajstić information content (AvgIpc) is 2.87. The Morgan fingerprint density at radius 1 is 0.765 bits per heavy atom. The summed E-state index contributed by atoms with van der Waals surface area (Å²) in [5.41, 5.74) is 0.651. The molecular formula is C26H25NO7. The minimum Gasteiger partial charge on any atom is -0.497 e. The molecule has 1 heterocycles. The number of ketones is 1. The van der Waals surface area contributed by atoms with Crippen molar-refractivity contribution in [2.75, 3.05) is 27.4 Å². The van der Waals surface area contributed by atoms with Crippen molar-refractivity contribution in [3.63, 3.8) is 0 Å². The van der Waals surface area contributed by atoms with Crippen LogP contribution >= 0.6 is 0 Å². The Bertz CT molecular complexity index is 1190. The van der Waals surface area contributed by atoms with Gasteiger partial charge in [0.25, 0.3) is 0 Å². The van der Waals surface area contributed by atoms with Crippen LogP contribution in [0.5, 0.6) is 11.5 Å². The highest BCUT2D eigenvalue weighted by molar-refractivity contribution is 6.17. The van der Waals surface area contributed by atoms with Crippen molar-refractivity contribution in [2.45, 2.75) is 13.8 Å². The van der Waals surface area contributed by atoms with E-state index in [4.69, 9.17) is 18.9 Å². The highest BCUT2D eigenvalue weighted by Crippen LogP contribution is 2.28. The second-order valence-electron chi connectivity index (χ2n) is 7.01. The Morgan fingerprint density at radius 2 is 1.29 bits per heavy atom. The molecule has 0 fully saturated rings. The van der Waals surface area contributed by atoms with Gasteiger partial charge in [0.15, 0.2) is 0 Å². The first kappa shape index (κ1) is 24.4. The smallest absolute Gasteiger partial charge is 0.341 e. The molecule has 0 unspecified atom stereocenters. The molecule has 0 spiro atoms. The average molecular weight is 463 g/mol. The third kappa shape index (κ3) is 5.23. The molecule has 2 aromatic carbocycles. The maximum atomic E-state index is 13.5. The molecule has 3 rings (SSSR count). The molecule has 0 saturated heterocycles. The van der Waals surface area contributed by atoms with E-state index in [-0.39, 0.29) is 35.6 Å². The van der Waals surface area contributed by atoms with Gasteiger partial charge < -0.3 is 18.9 Å². The maximum Gasteiger partial charge on any atom is 0.341 e. The van der Waals surface area contributed by atoms with Gasteiger partial charge in [-0.25, -0.2) is 14.6 Å². The summed E-state index contributed by atoms with van der Waals surface area (Å²) in [5, 5.41) is 0. The van der Waals surface area contributed by atoms with Gasteiger partial charge >= 0.3 is 11.9 Å². The lowest BCUT2D eigenvalue weighted by Gasteiger charge is -2.15. The topological polar surface area (TPSA) is 101 Å². The summed E-state index contributed by atoms with van der Waals surface area (Å²) in [6.07, 6.45) is 0. The monoisotopic (exact) mass is 463 g/mol. The molecule has 0 aliphatic heterocycles. The van der Waals surface area contributed by atoms with Gasteiger partial charge in [-0.05, 0) is 68.4 Å². The van der Waals surface area contributed by atoms with Crippen LogP contribution in [-0.2, 0) is 9.47 Å². The number of methoxy groups -OCH3 is 2. The summed E-state index contributed by atoms with van der Waals surface area (Å²) in [5.74, 6) is -0.948. The van der Waals surface area contributed by atoms with Crippen LogP contribution in [0.15, 0.2) is 54.6 Å². The number of esters is 2. The van der Waals surface area contributed by atoms with E-state index in [1.165, 1.54) is 13.2 Å². The molecule has 0 bridgehead atoms. The van der Waals surface area contributed by atoms with Crippen molar-refractivity contribution in [2.24, 2.45) is 0 Å². The minimum absolute atomic E-state index is 0.0531. The van der Waals surface area contributed by atoms with Crippen LogP contribution in [0.3, 0.4) is 0 Å². The highest BCUT2D eigenvalue weighted by Gasteiger charge is 2.30. The first-order valence-electron chi connectivity index (χ1n) is 10.7. The summed E-state index contributed by atoms with van der Waals surface area (Å²) >= 11 is 0. The number of benzene rings is 2. The van der Waals surface area contributed by atoms with Gasteiger partial charge in [-0.2, -0.15) is 0 Å². The standard InChI is InChI=1S/C26H25NO7/c1-5-33-25(29)20-15-21(16-7-11-18(31-3)12-8-16)27-23(22(20)26(30)34-6-2)24(28)17-9-13-19(32-4)14-10-17/h7-15H,5-6H2,1-4H3. The van der Waals surface area contributed by atoms with Crippen LogP contribution in [0.4, 0.5) is 0 Å². The van der Waals surface area contributed by atoms with Gasteiger partial charge in [-0.15, -0.1) is 0 Å². The lowest BCUT2D eigenvalue weighted by atomic mass is 9.97. The molecule has 0 saturated carbocycles. The molecule has 176 valence electrons. The maximum absolute atomic E-state index is 13.5. The van der Waals surface area contributed by atoms with Gasteiger partial charge in [0, 0.05) is 11.1 Å². The Hall–Kier alpha value is -4.20. The first-order valence-corrected chi connectivity index (χ1v) is 10.7. The van der Waals surface area contributed by atoms with Crippen molar-refractivity contribution < 1.29 is 33.3 Å². The predicted octanol–water partition coefficient (Wildman–Crippen LogP) is 4.35. The third-order valence-electron chi connectivity index (χ3n) is 4.95. The van der Waals surface area contributed by atoms with Gasteiger partial charge in [0.1, 0.15) is 22.8 Å². The van der Waals surface area contributed by atoms with E-state index >= 15 is 0 Å². The van der Waals surface area contributed by atoms with Crippen molar-refractivity contribution >= 4 is 17.7 Å². The molecule has 0 amide bonds. The van der Waals surface area contributed by atoms with Crippen molar-refractivity contribution in [3.8, 4) is 22.8 Å². The number of hydrogen-bond donors (Lipinski definition) is 0. The second-order valence-corrected chi connectivity index (χ2v) is 7.01. The van der Waals surface area contributed by atoms with Gasteiger partial charge in [-0.1, -0.05) is 0 Å². The van der Waals surface area contributed by atoms with Crippen LogP contribution in [-0.4, -0.2) is 50.1 Å². The van der Waals surface area contributed by atoms with Crippen LogP contribution in [0, 0.1) is 0 Å². The Kier molecular flexibility index (Phi) is 7.97. The summed E-state index contributed by atoms with van der Waals surface area (Å²) in [7, 11) is 3.06. The van der Waals surface area contributed by atoms with Gasteiger partial charge in [0.05, 0.1) is 38.7 Å². The zero-order chi connectivity index (χ0) is 24.7. The number of ether oxygens (including phenoxy) is 4. The van der Waals surface area contributed by atoms with Crippen LogP contribution in [0.25, 0.3) is 11.3 Å². The molecule has 0 N–H and O–H groups in total. The number of nitrogens with zero attached hydrogens (tertiary/aromatic N) is 1. The van der Waals surface area contributed by atoms with E-state index < -0.39 is 17.7 Å². The molecule has 1 aromatic heterocycles. The van der Waals surface area contributed by atoms with E-state index in [2.05, 4.69) is 4.98 Å². The van der Waals surface area contributed by atoms with Crippen molar-refractivity contribution in [3.05, 3.63) is 77.0 Å². The van der Waals surface area contributed by atoms with E-state index in [1.807, 2.05) is 0 Å². The fraction of sp³-hybridized carbons (Fsp3) is 0.231. The Labute approximate surface area is 197 Å². The van der Waals surface area contributed by atoms with Gasteiger partial charge in [-0.3, -0.25) is 4.79 Å². The molecule has 0 radical (unpaired) electrons. The third-order valence-corrected chi connectivity index (χ3v) is 4.95. The molecule has 0 atom stereocenters. The molecular weight excluding hydrogens is 438 g/mol. The zero-order valence-electron chi connectivity index (χ0n) is 19.4. The normalized spacial score (nSPS) is 10.4. The van der Waals surface area contributed by atoms with Crippen molar-refractivity contribution in [1.82, 2.24) is 4.98 Å². The number of carbonyl (C=O) groups excluding carboxylic acids is 3. The second kappa shape index (κ2) is 11.1. The zero-order valence-corrected chi connectivity index (χ0v) is 19.4. The lowest BCUT2D eigenvalue weighted by molar-refractivity contribution is 0.0477. The van der Waals surface area contributed by atoms with E-state index in [0.717, 1.165) is 0 Å². The predicted molar refractivity (Wildman–Crippen MR) is 125 cm³/mol. The number of aromatic nitrogens is 1. The number of hydrogen-bond acceptors (Lipinski definition) is 8. The first-order chi connectivity index (χ1) is 16.4. The SMILES string of the molecule is CCOC(=O)c1cc(-c2ccc(OC)cc2)nc(C(=O)c2ccc(OC)cc2)c1C(=O)OCC. The Morgan fingerprint density at radius 3 is 1.82 bits per heavy atom. The van der Waals surface area contributed by atoms with Crippen molar-refractivity contribution in [1.29, 1.82) is 0 Å². The minimum atomic E-state index is -0.837. The van der Waals surface area contributed by atoms with E-state index in [0.29, 0.717) is 22.8 Å². The molecule has 0 aliphatic carbocycles. The largest absolute Gasteiger partial charge is 0.497 e. The Balaban J connectivity index is 2.26. The van der Waals surface area contributed by atoms with E-state index in [9.17, 15) is 14.4 Å². The van der Waals surface area contributed by atoms with Crippen LogP contribution < -0.4 is 9.47 Å². The molecule has 8 nitrogen and oxygen atoms in total. The van der Waals surface area contributed by atoms with Crippen LogP contribution in [0.2, 0.25) is 0 Å². The molecule has 8 heteroatoms. The van der Waals surface area contributed by atoms with E-state index in [1.54, 1.807) is 69.5 Å². The lowest BCUT2D eigenvalue weighted by Crippen LogP contribution is -2.21. The van der Waals surface area contributed by atoms with Gasteiger partial charge in [0.2, 0.25) is 5.78 Å². The number of pyridine rings is 1. The molecule has 3 aromatic rings.